The van der Waals surface area contributed by atoms with Gasteiger partial charge >= 0.3 is 0 Å². The van der Waals surface area contributed by atoms with E-state index < -0.39 is 17.4 Å². The van der Waals surface area contributed by atoms with Crippen molar-refractivity contribution < 1.29 is 14.3 Å². The number of ether oxygens (including phenoxy) is 1. The molecule has 0 bridgehead atoms. The Kier molecular flexibility index (Phi) is 6.31. The summed E-state index contributed by atoms with van der Waals surface area (Å²) in [6, 6.07) is 16.9. The summed E-state index contributed by atoms with van der Waals surface area (Å²) in [7, 11) is 1.40. The summed E-state index contributed by atoms with van der Waals surface area (Å²) in [5, 5.41) is 0.408. The SMILES string of the molecule is COc1cc(Cl)ccc1C(=O)NNC(=O)c1cccn(Cc2ccccc2)c1=O. The molecule has 29 heavy (non-hydrogen) atoms. The Morgan fingerprint density at radius 2 is 1.66 bits per heavy atom. The van der Waals surface area contributed by atoms with Crippen LogP contribution in [0.5, 0.6) is 5.75 Å². The number of hydrogen-bond donors (Lipinski definition) is 2. The van der Waals surface area contributed by atoms with Gasteiger partial charge in [0, 0.05) is 11.2 Å². The van der Waals surface area contributed by atoms with E-state index in [-0.39, 0.29) is 16.9 Å². The van der Waals surface area contributed by atoms with Crippen LogP contribution in [0, 0.1) is 0 Å². The quantitative estimate of drug-likeness (QED) is 0.631. The molecule has 0 saturated heterocycles. The molecular formula is C21H18ClN3O4. The first kappa shape index (κ1) is 20.2. The summed E-state index contributed by atoms with van der Waals surface area (Å²) in [4.78, 5) is 37.4. The first-order valence-electron chi connectivity index (χ1n) is 8.67. The van der Waals surface area contributed by atoms with Gasteiger partial charge in [0.05, 0.1) is 19.2 Å². The molecule has 0 unspecified atom stereocenters. The van der Waals surface area contributed by atoms with E-state index in [9.17, 15) is 14.4 Å². The molecule has 2 N–H and O–H groups in total. The topological polar surface area (TPSA) is 89.4 Å². The zero-order valence-electron chi connectivity index (χ0n) is 15.5. The average molecular weight is 412 g/mol. The van der Waals surface area contributed by atoms with Gasteiger partial charge in [-0.15, -0.1) is 0 Å². The predicted molar refractivity (Wildman–Crippen MR) is 109 cm³/mol. The van der Waals surface area contributed by atoms with Gasteiger partial charge in [-0.05, 0) is 35.9 Å². The lowest BCUT2D eigenvalue weighted by Gasteiger charge is -2.11. The van der Waals surface area contributed by atoms with Gasteiger partial charge in [0.25, 0.3) is 17.4 Å². The van der Waals surface area contributed by atoms with Gasteiger partial charge in [-0.3, -0.25) is 25.2 Å². The highest BCUT2D eigenvalue weighted by Gasteiger charge is 2.16. The normalized spacial score (nSPS) is 10.3. The first-order chi connectivity index (χ1) is 14.0. The fraction of sp³-hybridized carbons (Fsp3) is 0.0952. The number of rotatable bonds is 5. The van der Waals surface area contributed by atoms with E-state index >= 15 is 0 Å². The van der Waals surface area contributed by atoms with Crippen LogP contribution in [-0.4, -0.2) is 23.5 Å². The summed E-state index contributed by atoms with van der Waals surface area (Å²) in [6.07, 6.45) is 1.60. The molecule has 0 aliphatic carbocycles. The van der Waals surface area contributed by atoms with Crippen molar-refractivity contribution in [2.75, 3.05) is 7.11 Å². The maximum Gasteiger partial charge on any atom is 0.275 e. The van der Waals surface area contributed by atoms with Crippen LogP contribution in [0.1, 0.15) is 26.3 Å². The summed E-state index contributed by atoms with van der Waals surface area (Å²) in [5.41, 5.74) is 5.09. The Morgan fingerprint density at radius 3 is 2.34 bits per heavy atom. The number of nitrogens with zero attached hydrogens (tertiary/aromatic N) is 1. The summed E-state index contributed by atoms with van der Waals surface area (Å²) >= 11 is 5.88. The summed E-state index contributed by atoms with van der Waals surface area (Å²) in [5.74, 6) is -1.07. The Hall–Kier alpha value is -3.58. The minimum atomic E-state index is -0.723. The Labute approximate surface area is 171 Å². The van der Waals surface area contributed by atoms with Crippen LogP contribution in [0.2, 0.25) is 5.02 Å². The van der Waals surface area contributed by atoms with Crippen molar-refractivity contribution in [1.82, 2.24) is 15.4 Å². The van der Waals surface area contributed by atoms with Gasteiger partial charge in [0.1, 0.15) is 11.3 Å². The number of hydrogen-bond acceptors (Lipinski definition) is 4. The zero-order chi connectivity index (χ0) is 20.8. The Morgan fingerprint density at radius 1 is 0.966 bits per heavy atom. The van der Waals surface area contributed by atoms with Crippen molar-refractivity contribution in [3.8, 4) is 5.75 Å². The summed E-state index contributed by atoms with van der Waals surface area (Å²) in [6.45, 7) is 0.328. The third-order valence-electron chi connectivity index (χ3n) is 4.16. The van der Waals surface area contributed by atoms with E-state index in [0.717, 1.165) is 5.56 Å². The molecule has 7 nitrogen and oxygen atoms in total. The number of hydrazine groups is 1. The molecule has 0 radical (unpaired) electrons. The van der Waals surface area contributed by atoms with Gasteiger partial charge in [-0.1, -0.05) is 41.9 Å². The van der Waals surface area contributed by atoms with E-state index in [2.05, 4.69) is 10.9 Å². The lowest BCUT2D eigenvalue weighted by atomic mass is 10.2. The average Bonchev–Trinajstić information content (AvgIpc) is 2.74. The number of carbonyl (C=O) groups excluding carboxylic acids is 2. The van der Waals surface area contributed by atoms with Gasteiger partial charge in [0.2, 0.25) is 0 Å². The van der Waals surface area contributed by atoms with Crippen molar-refractivity contribution in [3.05, 3.63) is 98.9 Å². The molecular weight excluding hydrogens is 394 g/mol. The molecule has 0 atom stereocenters. The number of nitrogens with one attached hydrogen (secondary N) is 2. The third-order valence-corrected chi connectivity index (χ3v) is 4.39. The lowest BCUT2D eigenvalue weighted by Crippen LogP contribution is -2.44. The van der Waals surface area contributed by atoms with E-state index in [4.69, 9.17) is 16.3 Å². The van der Waals surface area contributed by atoms with E-state index in [1.165, 1.54) is 35.9 Å². The first-order valence-corrected chi connectivity index (χ1v) is 9.05. The monoisotopic (exact) mass is 411 g/mol. The predicted octanol–water partition coefficient (Wildman–Crippen LogP) is 2.63. The van der Waals surface area contributed by atoms with Crippen LogP contribution in [-0.2, 0) is 6.54 Å². The van der Waals surface area contributed by atoms with E-state index in [1.807, 2.05) is 30.3 Å². The molecule has 1 heterocycles. The molecule has 3 aromatic rings. The van der Waals surface area contributed by atoms with Crippen molar-refractivity contribution in [3.63, 3.8) is 0 Å². The van der Waals surface area contributed by atoms with Crippen LogP contribution < -0.4 is 21.1 Å². The van der Waals surface area contributed by atoms with Crippen molar-refractivity contribution in [2.24, 2.45) is 0 Å². The number of benzene rings is 2. The van der Waals surface area contributed by atoms with Gasteiger partial charge < -0.3 is 9.30 Å². The van der Waals surface area contributed by atoms with Crippen LogP contribution >= 0.6 is 11.6 Å². The van der Waals surface area contributed by atoms with Crippen LogP contribution in [0.25, 0.3) is 0 Å². The molecule has 1 aromatic heterocycles. The molecule has 3 rings (SSSR count). The maximum atomic E-state index is 12.6. The zero-order valence-corrected chi connectivity index (χ0v) is 16.3. The number of aromatic nitrogens is 1. The number of carbonyl (C=O) groups is 2. The van der Waals surface area contributed by atoms with Crippen LogP contribution in [0.3, 0.4) is 0 Å². The molecule has 2 amide bonds. The fourth-order valence-corrected chi connectivity index (χ4v) is 2.88. The molecule has 0 aliphatic heterocycles. The minimum Gasteiger partial charge on any atom is -0.496 e. The smallest absolute Gasteiger partial charge is 0.275 e. The maximum absolute atomic E-state index is 12.6. The van der Waals surface area contributed by atoms with Crippen LogP contribution in [0.15, 0.2) is 71.7 Å². The molecule has 0 aliphatic rings. The molecule has 0 saturated carbocycles. The third kappa shape index (κ3) is 4.83. The highest BCUT2D eigenvalue weighted by atomic mass is 35.5. The second kappa shape index (κ2) is 9.07. The van der Waals surface area contributed by atoms with Crippen LogP contribution in [0.4, 0.5) is 0 Å². The number of methoxy groups -OCH3 is 1. The molecule has 148 valence electrons. The highest BCUT2D eigenvalue weighted by molar-refractivity contribution is 6.30. The number of halogens is 1. The van der Waals surface area contributed by atoms with Crippen molar-refractivity contribution in [1.29, 1.82) is 0 Å². The van der Waals surface area contributed by atoms with E-state index in [0.29, 0.717) is 11.6 Å². The second-order valence-electron chi connectivity index (χ2n) is 6.09. The van der Waals surface area contributed by atoms with E-state index in [1.54, 1.807) is 12.3 Å². The van der Waals surface area contributed by atoms with Crippen molar-refractivity contribution in [2.45, 2.75) is 6.54 Å². The molecule has 0 fully saturated rings. The second-order valence-corrected chi connectivity index (χ2v) is 6.53. The Bertz CT molecular complexity index is 1100. The van der Waals surface area contributed by atoms with Gasteiger partial charge in [-0.2, -0.15) is 0 Å². The molecule has 0 spiro atoms. The van der Waals surface area contributed by atoms with Crippen molar-refractivity contribution >= 4 is 23.4 Å². The fourth-order valence-electron chi connectivity index (χ4n) is 2.72. The van der Waals surface area contributed by atoms with Gasteiger partial charge in [0.15, 0.2) is 0 Å². The molecule has 8 heteroatoms. The number of pyridine rings is 1. The van der Waals surface area contributed by atoms with Gasteiger partial charge in [-0.25, -0.2) is 0 Å². The number of amides is 2. The Balaban J connectivity index is 1.72. The largest absolute Gasteiger partial charge is 0.496 e. The minimum absolute atomic E-state index is 0.0909. The highest BCUT2D eigenvalue weighted by Crippen LogP contribution is 2.22. The lowest BCUT2D eigenvalue weighted by molar-refractivity contribution is 0.0843. The standard InChI is InChI=1S/C21H18ClN3O4/c1-29-18-12-15(22)9-10-16(18)19(26)23-24-20(27)17-8-5-11-25(21(17)28)13-14-6-3-2-4-7-14/h2-12H,13H2,1H3,(H,23,26)(H,24,27). The molecule has 2 aromatic carbocycles. The summed E-state index contributed by atoms with van der Waals surface area (Å²) < 4.78 is 6.54.